The number of hydrogen-bond acceptors (Lipinski definition) is 4. The van der Waals surface area contributed by atoms with E-state index in [-0.39, 0.29) is 17.9 Å². The topological polar surface area (TPSA) is 70.6 Å². The number of alkyl carbamates (subject to hydrolysis) is 1. The standard InChI is InChI=1S/C17H24F2N2O3/c1-24-16(22)21-7-3-5-17(23,12-4-2-6-20-11-12)13-8-14(18)10-15(19)9-13/h8-10,12,20,23H,2-7,11H2,1H3,(H,21,22). The van der Waals surface area contributed by atoms with Gasteiger partial charge < -0.3 is 20.5 Å². The normalized spacial score (nSPS) is 20.2. The Morgan fingerprint density at radius 2 is 2.12 bits per heavy atom. The number of aliphatic hydroxyl groups is 1. The first-order valence-corrected chi connectivity index (χ1v) is 8.17. The van der Waals surface area contributed by atoms with Gasteiger partial charge in [-0.3, -0.25) is 0 Å². The van der Waals surface area contributed by atoms with Gasteiger partial charge in [0.1, 0.15) is 11.6 Å². The van der Waals surface area contributed by atoms with Gasteiger partial charge in [-0.05, 0) is 49.9 Å². The Kier molecular flexibility index (Phi) is 6.51. The highest BCUT2D eigenvalue weighted by molar-refractivity contribution is 5.66. The summed E-state index contributed by atoms with van der Waals surface area (Å²) in [6, 6.07) is 3.17. The molecule has 0 saturated carbocycles. The number of methoxy groups -OCH3 is 1. The van der Waals surface area contributed by atoms with E-state index in [1.165, 1.54) is 19.2 Å². The first kappa shape index (κ1) is 18.6. The number of amides is 1. The number of halogens is 2. The van der Waals surface area contributed by atoms with E-state index in [0.29, 0.717) is 19.5 Å². The zero-order valence-corrected chi connectivity index (χ0v) is 13.8. The number of carbonyl (C=O) groups excluding carboxylic acids is 1. The molecule has 1 amide bonds. The number of rotatable bonds is 6. The maximum Gasteiger partial charge on any atom is 0.406 e. The number of ether oxygens (including phenoxy) is 1. The lowest BCUT2D eigenvalue weighted by Crippen LogP contribution is -2.44. The zero-order valence-electron chi connectivity index (χ0n) is 13.8. The molecule has 7 heteroatoms. The molecule has 0 aliphatic carbocycles. The van der Waals surface area contributed by atoms with Crippen LogP contribution in [0.15, 0.2) is 18.2 Å². The molecular formula is C17H24F2N2O3. The van der Waals surface area contributed by atoms with Gasteiger partial charge in [-0.2, -0.15) is 0 Å². The third-order valence-corrected chi connectivity index (χ3v) is 4.52. The first-order valence-electron chi connectivity index (χ1n) is 8.17. The van der Waals surface area contributed by atoms with E-state index in [0.717, 1.165) is 25.5 Å². The Morgan fingerprint density at radius 1 is 1.42 bits per heavy atom. The molecule has 1 heterocycles. The summed E-state index contributed by atoms with van der Waals surface area (Å²) in [7, 11) is 1.27. The van der Waals surface area contributed by atoms with Crippen molar-refractivity contribution in [3.63, 3.8) is 0 Å². The minimum absolute atomic E-state index is 0.148. The Balaban J connectivity index is 2.15. The monoisotopic (exact) mass is 342 g/mol. The van der Waals surface area contributed by atoms with Crippen molar-refractivity contribution in [1.82, 2.24) is 10.6 Å². The molecule has 134 valence electrons. The third kappa shape index (κ3) is 4.64. The average Bonchev–Trinajstić information content (AvgIpc) is 2.58. The highest BCUT2D eigenvalue weighted by atomic mass is 19.1. The molecule has 1 fully saturated rings. The van der Waals surface area contributed by atoms with Crippen LogP contribution in [0.25, 0.3) is 0 Å². The van der Waals surface area contributed by atoms with Gasteiger partial charge in [-0.1, -0.05) is 0 Å². The van der Waals surface area contributed by atoms with Crippen LogP contribution >= 0.6 is 0 Å². The quantitative estimate of drug-likeness (QED) is 0.694. The fourth-order valence-electron chi connectivity index (χ4n) is 3.27. The van der Waals surface area contributed by atoms with E-state index in [2.05, 4.69) is 15.4 Å². The van der Waals surface area contributed by atoms with Gasteiger partial charge in [0, 0.05) is 25.1 Å². The smallest absolute Gasteiger partial charge is 0.406 e. The van der Waals surface area contributed by atoms with Gasteiger partial charge in [0.05, 0.1) is 12.7 Å². The number of benzene rings is 1. The predicted octanol–water partition coefficient (Wildman–Crippen LogP) is 2.29. The second kappa shape index (κ2) is 8.39. The maximum absolute atomic E-state index is 13.6. The molecular weight excluding hydrogens is 318 g/mol. The van der Waals surface area contributed by atoms with Crippen LogP contribution < -0.4 is 10.6 Å². The summed E-state index contributed by atoms with van der Waals surface area (Å²) in [6.45, 7) is 1.76. The minimum Gasteiger partial charge on any atom is -0.453 e. The third-order valence-electron chi connectivity index (χ3n) is 4.52. The minimum atomic E-state index is -1.35. The molecule has 1 aliphatic rings. The lowest BCUT2D eigenvalue weighted by atomic mass is 9.74. The van der Waals surface area contributed by atoms with Gasteiger partial charge in [0.2, 0.25) is 0 Å². The zero-order chi connectivity index (χ0) is 17.6. The van der Waals surface area contributed by atoms with Crippen LogP contribution in [0.1, 0.15) is 31.2 Å². The van der Waals surface area contributed by atoms with Gasteiger partial charge in [0.15, 0.2) is 0 Å². The van der Waals surface area contributed by atoms with Crippen molar-refractivity contribution < 1.29 is 23.4 Å². The lowest BCUT2D eigenvalue weighted by Gasteiger charge is -2.39. The van der Waals surface area contributed by atoms with Crippen LogP contribution in [-0.2, 0) is 10.3 Å². The van der Waals surface area contributed by atoms with Crippen LogP contribution in [0.3, 0.4) is 0 Å². The second-order valence-corrected chi connectivity index (χ2v) is 6.15. The van der Waals surface area contributed by atoms with Crippen molar-refractivity contribution in [3.05, 3.63) is 35.4 Å². The average molecular weight is 342 g/mol. The van der Waals surface area contributed by atoms with Crippen molar-refractivity contribution in [1.29, 1.82) is 0 Å². The summed E-state index contributed by atoms with van der Waals surface area (Å²) in [6.07, 6.45) is 1.86. The highest BCUT2D eigenvalue weighted by Gasteiger charge is 2.39. The van der Waals surface area contributed by atoms with E-state index >= 15 is 0 Å². The fraction of sp³-hybridized carbons (Fsp3) is 0.588. The first-order chi connectivity index (χ1) is 11.5. The summed E-state index contributed by atoms with van der Waals surface area (Å²) in [5, 5.41) is 17.0. The number of carbonyl (C=O) groups is 1. The number of hydrogen-bond donors (Lipinski definition) is 3. The Labute approximate surface area is 140 Å². The highest BCUT2D eigenvalue weighted by Crippen LogP contribution is 2.38. The molecule has 3 N–H and O–H groups in total. The van der Waals surface area contributed by atoms with Crippen molar-refractivity contribution in [3.8, 4) is 0 Å². The summed E-state index contributed by atoms with van der Waals surface area (Å²) in [5.41, 5.74) is -1.11. The van der Waals surface area contributed by atoms with Gasteiger partial charge in [-0.25, -0.2) is 13.6 Å². The Hall–Kier alpha value is -1.73. The fourth-order valence-corrected chi connectivity index (χ4v) is 3.27. The van der Waals surface area contributed by atoms with Gasteiger partial charge >= 0.3 is 6.09 Å². The molecule has 1 saturated heterocycles. The van der Waals surface area contributed by atoms with Crippen molar-refractivity contribution in [2.75, 3.05) is 26.7 Å². The Morgan fingerprint density at radius 3 is 2.71 bits per heavy atom. The second-order valence-electron chi connectivity index (χ2n) is 6.15. The van der Waals surface area contributed by atoms with Crippen LogP contribution in [0.4, 0.5) is 13.6 Å². The molecule has 2 unspecified atom stereocenters. The molecule has 24 heavy (non-hydrogen) atoms. The number of piperidine rings is 1. The molecule has 2 atom stereocenters. The summed E-state index contributed by atoms with van der Waals surface area (Å²) in [4.78, 5) is 11.1. The van der Waals surface area contributed by atoms with Crippen LogP contribution in [-0.4, -0.2) is 37.9 Å². The van der Waals surface area contributed by atoms with Gasteiger partial charge in [0.25, 0.3) is 0 Å². The molecule has 0 bridgehead atoms. The van der Waals surface area contributed by atoms with Crippen LogP contribution in [0.2, 0.25) is 0 Å². The lowest BCUT2D eigenvalue weighted by molar-refractivity contribution is -0.0425. The largest absolute Gasteiger partial charge is 0.453 e. The Bertz CT molecular complexity index is 545. The van der Waals surface area contributed by atoms with E-state index < -0.39 is 23.3 Å². The maximum atomic E-state index is 13.6. The molecule has 0 aromatic heterocycles. The van der Waals surface area contributed by atoms with E-state index in [1.807, 2.05) is 0 Å². The van der Waals surface area contributed by atoms with Crippen LogP contribution in [0, 0.1) is 17.6 Å². The SMILES string of the molecule is COC(=O)NCCCC(O)(c1cc(F)cc(F)c1)C1CCCNC1. The van der Waals surface area contributed by atoms with Gasteiger partial charge in [-0.15, -0.1) is 0 Å². The summed E-state index contributed by atoms with van der Waals surface area (Å²) < 4.78 is 31.7. The molecule has 0 radical (unpaired) electrons. The molecule has 1 aromatic carbocycles. The van der Waals surface area contributed by atoms with Crippen molar-refractivity contribution in [2.45, 2.75) is 31.3 Å². The predicted molar refractivity (Wildman–Crippen MR) is 85.5 cm³/mol. The summed E-state index contributed by atoms with van der Waals surface area (Å²) in [5.74, 6) is -1.56. The van der Waals surface area contributed by atoms with Crippen molar-refractivity contribution >= 4 is 6.09 Å². The molecule has 1 aliphatic heterocycles. The summed E-state index contributed by atoms with van der Waals surface area (Å²) >= 11 is 0. The van der Waals surface area contributed by atoms with Crippen molar-refractivity contribution in [2.24, 2.45) is 5.92 Å². The van der Waals surface area contributed by atoms with E-state index in [9.17, 15) is 18.7 Å². The molecule has 2 rings (SSSR count). The van der Waals surface area contributed by atoms with E-state index in [1.54, 1.807) is 0 Å². The number of nitrogens with one attached hydrogen (secondary N) is 2. The van der Waals surface area contributed by atoms with Crippen LogP contribution in [0.5, 0.6) is 0 Å². The molecule has 0 spiro atoms. The van der Waals surface area contributed by atoms with E-state index in [4.69, 9.17) is 0 Å². The molecule has 1 aromatic rings. The molecule has 5 nitrogen and oxygen atoms in total.